The van der Waals surface area contributed by atoms with E-state index >= 15 is 0 Å². The van der Waals surface area contributed by atoms with Crippen molar-refractivity contribution in [3.8, 4) is 0 Å². The molecular formula is C59H50Cl3N9O8. The summed E-state index contributed by atoms with van der Waals surface area (Å²) < 4.78 is 15.9. The topological polar surface area (TPSA) is 248 Å². The predicted molar refractivity (Wildman–Crippen MR) is 302 cm³/mol. The lowest BCUT2D eigenvalue weighted by Crippen LogP contribution is -2.24. The number of esters is 1. The fraction of sp³-hybridized carbons (Fsp3) is 0.153. The molecule has 79 heavy (non-hydrogen) atoms. The van der Waals surface area contributed by atoms with E-state index < -0.39 is 30.3 Å². The van der Waals surface area contributed by atoms with Gasteiger partial charge in [-0.25, -0.2) is 14.6 Å². The van der Waals surface area contributed by atoms with Gasteiger partial charge in [-0.2, -0.15) is 0 Å². The molecule has 400 valence electrons. The monoisotopic (exact) mass is 1120 g/mol. The Kier molecular flexibility index (Phi) is 18.5. The van der Waals surface area contributed by atoms with Crippen LogP contribution in [0.25, 0.3) is 32.7 Å². The van der Waals surface area contributed by atoms with Crippen LogP contribution in [-0.4, -0.2) is 84.3 Å². The fourth-order valence-corrected chi connectivity index (χ4v) is 9.12. The summed E-state index contributed by atoms with van der Waals surface area (Å²) in [4.78, 5) is 65.5. The summed E-state index contributed by atoms with van der Waals surface area (Å²) >= 11 is 18.0. The highest BCUT2D eigenvalue weighted by Crippen LogP contribution is 2.31. The molecule has 0 aliphatic carbocycles. The zero-order chi connectivity index (χ0) is 56.3. The number of aromatic nitrogens is 7. The van der Waals surface area contributed by atoms with Crippen LogP contribution in [0.1, 0.15) is 100.0 Å². The molecule has 0 bridgehead atoms. The summed E-state index contributed by atoms with van der Waals surface area (Å²) in [5.74, 6) is -1.22. The maximum atomic E-state index is 12.9. The molecule has 17 nitrogen and oxygen atoms in total. The van der Waals surface area contributed by atoms with Crippen molar-refractivity contribution in [1.82, 2.24) is 40.2 Å². The molecule has 3 atom stereocenters. The third-order valence-corrected chi connectivity index (χ3v) is 13.1. The second-order valence-corrected chi connectivity index (χ2v) is 19.1. The summed E-state index contributed by atoms with van der Waals surface area (Å²) in [5, 5.41) is 26.8. The number of hydrogen-bond acceptors (Lipinski definition) is 15. The number of anilines is 1. The number of nitrogens with two attached hydrogens (primary N) is 1. The first-order chi connectivity index (χ1) is 38.0. The lowest BCUT2D eigenvalue weighted by molar-refractivity contribution is 0.0599. The number of carboxylic acid groups (broad SMARTS) is 1. The number of rotatable bonds is 13. The number of fused-ring (bicyclic) bond motifs is 3. The van der Waals surface area contributed by atoms with Crippen molar-refractivity contribution in [2.75, 3.05) is 27.1 Å². The molecule has 0 radical (unpaired) electrons. The first-order valence-electron chi connectivity index (χ1n) is 24.1. The van der Waals surface area contributed by atoms with E-state index in [4.69, 9.17) is 55.1 Å². The third-order valence-electron chi connectivity index (χ3n) is 12.5. The number of methoxy groups -OCH3 is 3. The van der Waals surface area contributed by atoms with Crippen LogP contribution in [0.3, 0.4) is 0 Å². The van der Waals surface area contributed by atoms with Gasteiger partial charge in [0.05, 0.1) is 66.9 Å². The van der Waals surface area contributed by atoms with Crippen molar-refractivity contribution in [3.05, 3.63) is 235 Å². The maximum absolute atomic E-state index is 12.9. The Morgan fingerprint density at radius 2 is 1.01 bits per heavy atom. The lowest BCUT2D eigenvalue weighted by Gasteiger charge is -2.17. The van der Waals surface area contributed by atoms with Crippen molar-refractivity contribution in [3.63, 3.8) is 0 Å². The number of carboxylic acids is 1. The van der Waals surface area contributed by atoms with Gasteiger partial charge in [-0.05, 0) is 139 Å². The van der Waals surface area contributed by atoms with Crippen LogP contribution in [0.15, 0.2) is 152 Å². The normalized spacial score (nSPS) is 12.1. The van der Waals surface area contributed by atoms with Gasteiger partial charge < -0.3 is 35.5 Å². The predicted octanol–water partition coefficient (Wildman–Crippen LogP) is 11.4. The molecule has 7 aromatic heterocycles. The Bertz CT molecular complexity index is 3870. The number of amides is 1. The van der Waals surface area contributed by atoms with E-state index in [1.165, 1.54) is 43.8 Å². The van der Waals surface area contributed by atoms with Gasteiger partial charge in [0, 0.05) is 85.4 Å². The number of aliphatic hydroxyl groups is 1. The molecule has 0 fully saturated rings. The summed E-state index contributed by atoms with van der Waals surface area (Å²) in [7, 11) is 4.47. The van der Waals surface area contributed by atoms with Crippen molar-refractivity contribution in [2.24, 2.45) is 0 Å². The van der Waals surface area contributed by atoms with Crippen molar-refractivity contribution in [1.29, 1.82) is 0 Å². The number of nitrogens with one attached hydrogen (secondary N) is 1. The fourth-order valence-electron chi connectivity index (χ4n) is 8.62. The van der Waals surface area contributed by atoms with Gasteiger partial charge >= 0.3 is 11.9 Å². The number of aryl methyl sites for hydroxylation is 2. The van der Waals surface area contributed by atoms with Crippen LogP contribution < -0.4 is 11.1 Å². The second kappa shape index (κ2) is 25.7. The molecule has 0 saturated heterocycles. The average molecular weight is 1120 g/mol. The zero-order valence-corrected chi connectivity index (χ0v) is 45.3. The average Bonchev–Trinajstić information content (AvgIpc) is 3.46. The van der Waals surface area contributed by atoms with Crippen LogP contribution >= 0.6 is 34.8 Å². The first kappa shape index (κ1) is 56.6. The van der Waals surface area contributed by atoms with E-state index in [-0.39, 0.29) is 11.5 Å². The number of benzene rings is 3. The highest BCUT2D eigenvalue weighted by atomic mass is 35.5. The third kappa shape index (κ3) is 14.0. The van der Waals surface area contributed by atoms with Gasteiger partial charge in [0.1, 0.15) is 24.1 Å². The highest BCUT2D eigenvalue weighted by Gasteiger charge is 2.21. The Morgan fingerprint density at radius 3 is 1.49 bits per heavy atom. The van der Waals surface area contributed by atoms with Gasteiger partial charge in [0.15, 0.2) is 0 Å². The Morgan fingerprint density at radius 1 is 0.570 bits per heavy atom. The quantitative estimate of drug-likeness (QED) is 0.0784. The number of hydrogen-bond donors (Lipinski definition) is 4. The standard InChI is InChI=1S/C25H24ClN5O2.2C17H13ClN2O3/c1-14-8-23(27)31-15(2)20(14)13-30-25(32)17-6-7-28-22(11-17)24(33-3)16-4-5-21-18(9-16)10-19(26)12-29-21;1-23-16(15-8-11(17(21)22)4-5-19-15)10-2-3-14-12(6-10)7-13(18)9-20-14;1-23-17(22)11-4-5-19-15(8-11)16(21)10-2-3-14-12(6-10)7-13(18)9-20-14/h4-12,24H,13H2,1-3H3,(H2,27,31)(H,30,32);2-9,16H,1H3,(H,21,22);2-9,16,21H,1H3. The highest BCUT2D eigenvalue weighted by molar-refractivity contribution is 6.31. The largest absolute Gasteiger partial charge is 0.478 e. The van der Waals surface area contributed by atoms with Crippen LogP contribution in [0, 0.1) is 13.8 Å². The molecule has 0 aliphatic rings. The Hall–Kier alpha value is -8.55. The van der Waals surface area contributed by atoms with Gasteiger partial charge in [0.2, 0.25) is 0 Å². The molecule has 3 unspecified atom stereocenters. The molecule has 5 N–H and O–H groups in total. The summed E-state index contributed by atoms with van der Waals surface area (Å²) in [5.41, 5.74) is 15.8. The number of aromatic carboxylic acids is 1. The van der Waals surface area contributed by atoms with Crippen molar-refractivity contribution in [2.45, 2.75) is 38.7 Å². The van der Waals surface area contributed by atoms with Crippen LogP contribution in [0.4, 0.5) is 5.82 Å². The zero-order valence-electron chi connectivity index (χ0n) is 43.1. The van der Waals surface area contributed by atoms with Gasteiger partial charge in [-0.3, -0.25) is 34.7 Å². The van der Waals surface area contributed by atoms with E-state index in [1.807, 2.05) is 62.4 Å². The summed E-state index contributed by atoms with van der Waals surface area (Å²) in [6, 6.07) is 33.5. The number of carbonyl (C=O) groups is 3. The number of halogens is 3. The Labute approximate surface area is 468 Å². The van der Waals surface area contributed by atoms with E-state index in [9.17, 15) is 19.5 Å². The number of aliphatic hydroxyl groups excluding tert-OH is 1. The van der Waals surface area contributed by atoms with Gasteiger partial charge in [0.25, 0.3) is 5.91 Å². The minimum absolute atomic E-state index is 0.169. The van der Waals surface area contributed by atoms with E-state index in [1.54, 1.807) is 81.5 Å². The minimum Gasteiger partial charge on any atom is -0.478 e. The molecule has 0 aliphatic heterocycles. The van der Waals surface area contributed by atoms with Gasteiger partial charge in [-0.15, -0.1) is 0 Å². The molecule has 0 spiro atoms. The summed E-state index contributed by atoms with van der Waals surface area (Å²) in [6.07, 6.45) is 7.42. The molecule has 3 aromatic carbocycles. The van der Waals surface area contributed by atoms with Crippen molar-refractivity contribution < 1.29 is 38.8 Å². The number of nitrogen functional groups attached to an aromatic ring is 1. The molecule has 20 heteroatoms. The SMILES string of the molecule is COC(=O)c1ccnc(C(O)c2ccc3ncc(Cl)cc3c2)c1.COC(c1ccc2ncc(Cl)cc2c1)c1cc(C(=O)NCc2c(C)cc(N)nc2C)ccn1.COC(c1ccc2ncc(Cl)cc2c1)c1cc(C(=O)O)ccn1. The number of carbonyl (C=O) groups excluding carboxylic acids is 2. The second-order valence-electron chi connectivity index (χ2n) is 17.8. The molecule has 0 saturated carbocycles. The first-order valence-corrected chi connectivity index (χ1v) is 25.2. The lowest BCUT2D eigenvalue weighted by atomic mass is 10.0. The van der Waals surface area contributed by atoms with Crippen LogP contribution in [-0.2, 0) is 20.8 Å². The molecule has 7 heterocycles. The number of ether oxygens (including phenoxy) is 3. The van der Waals surface area contributed by atoms with E-state index in [0.29, 0.717) is 61.2 Å². The molecule has 10 rings (SSSR count). The van der Waals surface area contributed by atoms with E-state index in [0.717, 1.165) is 60.7 Å². The molecule has 10 aromatic rings. The van der Waals surface area contributed by atoms with E-state index in [2.05, 4.69) is 44.9 Å². The summed E-state index contributed by atoms with van der Waals surface area (Å²) in [6.45, 7) is 4.19. The Balaban J connectivity index is 0.000000160. The van der Waals surface area contributed by atoms with Crippen LogP contribution in [0.2, 0.25) is 15.1 Å². The van der Waals surface area contributed by atoms with Crippen LogP contribution in [0.5, 0.6) is 0 Å². The maximum Gasteiger partial charge on any atom is 0.337 e. The minimum atomic E-state index is -1.00. The van der Waals surface area contributed by atoms with Crippen molar-refractivity contribution >= 4 is 91.2 Å². The molecular weight excluding hydrogens is 1070 g/mol. The number of nitrogens with zero attached hydrogens (tertiary/aromatic N) is 7. The smallest absolute Gasteiger partial charge is 0.337 e. The van der Waals surface area contributed by atoms with Gasteiger partial charge in [-0.1, -0.05) is 53.0 Å². The number of pyridine rings is 7. The molecule has 1 amide bonds.